The summed E-state index contributed by atoms with van der Waals surface area (Å²) in [5.74, 6) is 0.294. The topological polar surface area (TPSA) is 41.6 Å². The van der Waals surface area contributed by atoms with E-state index < -0.39 is 0 Å². The van der Waals surface area contributed by atoms with Crippen molar-refractivity contribution in [2.75, 3.05) is 19.7 Å². The van der Waals surface area contributed by atoms with Crippen molar-refractivity contribution < 1.29 is 9.53 Å². The van der Waals surface area contributed by atoms with Crippen LogP contribution in [0.2, 0.25) is 0 Å². The number of esters is 1. The first-order valence-corrected chi connectivity index (χ1v) is 7.08. The van der Waals surface area contributed by atoms with E-state index in [9.17, 15) is 4.79 Å². The van der Waals surface area contributed by atoms with Gasteiger partial charge in [0.05, 0.1) is 17.8 Å². The third-order valence-corrected chi connectivity index (χ3v) is 4.73. The Morgan fingerprint density at radius 2 is 2.44 bits per heavy atom. The lowest BCUT2D eigenvalue weighted by Crippen LogP contribution is -2.57. The van der Waals surface area contributed by atoms with E-state index in [2.05, 4.69) is 17.1 Å². The molecule has 2 aliphatic heterocycles. The lowest BCUT2D eigenvalue weighted by Gasteiger charge is -2.50. The van der Waals surface area contributed by atoms with Crippen LogP contribution >= 0.6 is 0 Å². The van der Waals surface area contributed by atoms with Crippen LogP contribution in [0.1, 0.15) is 39.5 Å². The second-order valence-corrected chi connectivity index (χ2v) is 5.62. The van der Waals surface area contributed by atoms with Gasteiger partial charge in [0.25, 0.3) is 0 Å². The van der Waals surface area contributed by atoms with Gasteiger partial charge >= 0.3 is 5.97 Å². The molecular weight excluding hydrogens is 228 g/mol. The average molecular weight is 250 g/mol. The molecule has 2 unspecified atom stereocenters. The molecule has 0 radical (unpaired) electrons. The minimum atomic E-state index is -0.0950. The molecule has 100 valence electrons. The van der Waals surface area contributed by atoms with Crippen LogP contribution in [0, 0.1) is 5.92 Å². The van der Waals surface area contributed by atoms with Gasteiger partial charge < -0.3 is 9.64 Å². The van der Waals surface area contributed by atoms with Gasteiger partial charge in [-0.05, 0) is 45.4 Å². The SMILES string of the molecule is CCOC(=O)C1=C(C)N2CCNC23CCCC1C3. The predicted octanol–water partition coefficient (Wildman–Crippen LogP) is 1.63. The minimum absolute atomic E-state index is 0.0950. The van der Waals surface area contributed by atoms with Gasteiger partial charge in [-0.2, -0.15) is 0 Å². The highest BCUT2D eigenvalue weighted by Gasteiger charge is 2.50. The number of nitrogens with one attached hydrogen (secondary N) is 1. The van der Waals surface area contributed by atoms with Crippen molar-refractivity contribution >= 4 is 5.97 Å². The first-order chi connectivity index (χ1) is 8.68. The highest BCUT2D eigenvalue weighted by Crippen LogP contribution is 2.47. The van der Waals surface area contributed by atoms with Crippen LogP contribution in [0.25, 0.3) is 0 Å². The highest BCUT2D eigenvalue weighted by atomic mass is 16.5. The number of allylic oxidation sites excluding steroid dienone is 1. The molecule has 0 amide bonds. The number of fused-ring (bicyclic) bond motifs is 1. The van der Waals surface area contributed by atoms with Crippen molar-refractivity contribution in [1.29, 1.82) is 0 Å². The number of ether oxygens (including phenoxy) is 1. The van der Waals surface area contributed by atoms with E-state index in [4.69, 9.17) is 4.74 Å². The van der Waals surface area contributed by atoms with Gasteiger partial charge in [0, 0.05) is 18.8 Å². The zero-order chi connectivity index (χ0) is 12.8. The molecule has 2 fully saturated rings. The molecular formula is C14H22N2O2. The van der Waals surface area contributed by atoms with E-state index in [1.807, 2.05) is 6.92 Å². The molecule has 0 aromatic rings. The summed E-state index contributed by atoms with van der Waals surface area (Å²) in [5.41, 5.74) is 2.23. The number of hydrogen-bond acceptors (Lipinski definition) is 4. The fraction of sp³-hybridized carbons (Fsp3) is 0.786. The second kappa shape index (κ2) is 4.26. The van der Waals surface area contributed by atoms with Crippen molar-refractivity contribution in [3.05, 3.63) is 11.3 Å². The molecule has 4 nitrogen and oxygen atoms in total. The monoisotopic (exact) mass is 250 g/mol. The third kappa shape index (κ3) is 1.58. The molecule has 0 aromatic carbocycles. The molecule has 3 rings (SSSR count). The van der Waals surface area contributed by atoms with Crippen molar-refractivity contribution in [2.45, 2.75) is 45.2 Å². The van der Waals surface area contributed by atoms with E-state index in [1.54, 1.807) is 0 Å². The summed E-state index contributed by atoms with van der Waals surface area (Å²) >= 11 is 0. The van der Waals surface area contributed by atoms with Gasteiger partial charge in [0.2, 0.25) is 0 Å². The first-order valence-electron chi connectivity index (χ1n) is 7.08. The highest BCUT2D eigenvalue weighted by molar-refractivity contribution is 5.90. The molecule has 1 aliphatic carbocycles. The van der Waals surface area contributed by atoms with Gasteiger partial charge in [-0.15, -0.1) is 0 Å². The summed E-state index contributed by atoms with van der Waals surface area (Å²) in [6.45, 7) is 6.47. The summed E-state index contributed by atoms with van der Waals surface area (Å²) in [7, 11) is 0. The summed E-state index contributed by atoms with van der Waals surface area (Å²) in [6, 6.07) is 0. The zero-order valence-corrected chi connectivity index (χ0v) is 11.3. The van der Waals surface area contributed by atoms with Crippen LogP contribution in [0.15, 0.2) is 11.3 Å². The standard InChI is InChI=1S/C14H22N2O2/c1-3-18-13(17)12-10(2)16-8-7-15-14(16)6-4-5-11(12)9-14/h11,15H,3-9H2,1-2H3. The molecule has 4 heteroatoms. The number of hydrogen-bond donors (Lipinski definition) is 1. The maximum absolute atomic E-state index is 12.2. The molecule has 1 saturated carbocycles. The maximum Gasteiger partial charge on any atom is 0.336 e. The van der Waals surface area contributed by atoms with Crippen LogP contribution < -0.4 is 5.32 Å². The number of nitrogens with zero attached hydrogens (tertiary/aromatic N) is 1. The molecule has 18 heavy (non-hydrogen) atoms. The molecule has 0 aromatic heterocycles. The molecule has 2 bridgehead atoms. The third-order valence-electron chi connectivity index (χ3n) is 4.73. The summed E-state index contributed by atoms with van der Waals surface area (Å²) < 4.78 is 5.25. The Morgan fingerprint density at radius 3 is 3.22 bits per heavy atom. The Morgan fingerprint density at radius 1 is 1.61 bits per heavy atom. The second-order valence-electron chi connectivity index (χ2n) is 5.62. The summed E-state index contributed by atoms with van der Waals surface area (Å²) in [5, 5.41) is 3.66. The Hall–Kier alpha value is -1.03. The van der Waals surface area contributed by atoms with Crippen molar-refractivity contribution in [2.24, 2.45) is 5.92 Å². The fourth-order valence-corrected chi connectivity index (χ4v) is 4.07. The van der Waals surface area contributed by atoms with Gasteiger partial charge in [-0.3, -0.25) is 5.32 Å². The Balaban J connectivity index is 1.99. The van der Waals surface area contributed by atoms with Gasteiger partial charge in [-0.25, -0.2) is 4.79 Å². The zero-order valence-electron chi connectivity index (χ0n) is 11.3. The lowest BCUT2D eigenvalue weighted by molar-refractivity contribution is -0.140. The molecule has 1 saturated heterocycles. The van der Waals surface area contributed by atoms with Crippen LogP contribution in [-0.4, -0.2) is 36.2 Å². The Kier molecular flexibility index (Phi) is 2.85. The van der Waals surface area contributed by atoms with E-state index >= 15 is 0 Å². The summed E-state index contributed by atoms with van der Waals surface area (Å²) in [6.07, 6.45) is 4.60. The molecule has 3 aliphatic rings. The van der Waals surface area contributed by atoms with Gasteiger partial charge in [0.1, 0.15) is 0 Å². The van der Waals surface area contributed by atoms with E-state index in [0.29, 0.717) is 12.5 Å². The first kappa shape index (κ1) is 12.0. The average Bonchev–Trinajstić information content (AvgIpc) is 2.73. The van der Waals surface area contributed by atoms with Crippen LogP contribution in [0.5, 0.6) is 0 Å². The van der Waals surface area contributed by atoms with Gasteiger partial charge in [-0.1, -0.05) is 0 Å². The normalized spacial score (nSPS) is 34.6. The fourth-order valence-electron chi connectivity index (χ4n) is 4.07. The predicted molar refractivity (Wildman–Crippen MR) is 68.7 cm³/mol. The Bertz CT molecular complexity index is 405. The van der Waals surface area contributed by atoms with Crippen LogP contribution in [0.3, 0.4) is 0 Å². The lowest BCUT2D eigenvalue weighted by atomic mass is 9.73. The number of carbonyl (C=O) groups is 1. The molecule has 2 heterocycles. The largest absolute Gasteiger partial charge is 0.463 e. The van der Waals surface area contributed by atoms with E-state index in [1.165, 1.54) is 12.8 Å². The molecule has 2 atom stereocenters. The minimum Gasteiger partial charge on any atom is -0.463 e. The number of carbonyl (C=O) groups excluding carboxylic acids is 1. The van der Waals surface area contributed by atoms with Crippen LogP contribution in [-0.2, 0) is 9.53 Å². The van der Waals surface area contributed by atoms with E-state index in [0.717, 1.165) is 37.2 Å². The Labute approximate surface area is 108 Å². The van der Waals surface area contributed by atoms with Crippen molar-refractivity contribution in [3.63, 3.8) is 0 Å². The summed E-state index contributed by atoms with van der Waals surface area (Å²) in [4.78, 5) is 14.6. The van der Waals surface area contributed by atoms with Crippen molar-refractivity contribution in [1.82, 2.24) is 10.2 Å². The number of rotatable bonds is 2. The quantitative estimate of drug-likeness (QED) is 0.756. The van der Waals surface area contributed by atoms with E-state index in [-0.39, 0.29) is 11.6 Å². The molecule has 1 N–H and O–H groups in total. The smallest absolute Gasteiger partial charge is 0.336 e. The maximum atomic E-state index is 12.2. The van der Waals surface area contributed by atoms with Gasteiger partial charge in [0.15, 0.2) is 0 Å². The van der Waals surface area contributed by atoms with Crippen molar-refractivity contribution in [3.8, 4) is 0 Å². The molecule has 1 spiro atoms. The van der Waals surface area contributed by atoms with Crippen LogP contribution in [0.4, 0.5) is 0 Å².